The van der Waals surface area contributed by atoms with Crippen LogP contribution in [0.2, 0.25) is 0 Å². The van der Waals surface area contributed by atoms with Gasteiger partial charge in [-0.15, -0.1) is 0 Å². The summed E-state index contributed by atoms with van der Waals surface area (Å²) >= 11 is 0. The molecule has 0 aromatic heterocycles. The fourth-order valence-corrected chi connectivity index (χ4v) is 1.72. The summed E-state index contributed by atoms with van der Waals surface area (Å²) in [7, 11) is 1.56. The third-order valence-electron chi connectivity index (χ3n) is 2.67. The van der Waals surface area contributed by atoms with Crippen molar-refractivity contribution in [1.29, 1.82) is 5.26 Å². The highest BCUT2D eigenvalue weighted by atomic mass is 16.6. The van der Waals surface area contributed by atoms with Crippen molar-refractivity contribution in [2.45, 2.75) is 0 Å². The summed E-state index contributed by atoms with van der Waals surface area (Å²) < 4.78 is 5.10. The van der Waals surface area contributed by atoms with E-state index in [-0.39, 0.29) is 11.3 Å². The van der Waals surface area contributed by atoms with Gasteiger partial charge in [-0.25, -0.2) is 0 Å². The number of hydrogen-bond acceptors (Lipinski definition) is 5. The first-order valence-corrected chi connectivity index (χ1v) is 5.73. The van der Waals surface area contributed by atoms with Crippen molar-refractivity contribution < 1.29 is 9.66 Å². The third-order valence-corrected chi connectivity index (χ3v) is 2.67. The number of nitriles is 1. The average Bonchev–Trinajstić information content (AvgIpc) is 2.47. The fraction of sp³-hybridized carbons (Fsp3) is 0.0714. The van der Waals surface area contributed by atoms with Gasteiger partial charge in [-0.2, -0.15) is 5.26 Å². The molecule has 0 bridgehead atoms. The zero-order chi connectivity index (χ0) is 14.5. The predicted molar refractivity (Wildman–Crippen MR) is 74.1 cm³/mol. The van der Waals surface area contributed by atoms with E-state index in [0.717, 1.165) is 5.69 Å². The molecular formula is C14H11N3O3. The van der Waals surface area contributed by atoms with Crippen molar-refractivity contribution in [3.05, 3.63) is 58.1 Å². The van der Waals surface area contributed by atoms with Crippen LogP contribution in [0.3, 0.4) is 0 Å². The standard InChI is InChI=1S/C14H11N3O3/c1-20-13-4-2-3-11(7-13)16-12-6-5-10(9-15)14(8-12)17(18)19/h2-8,16H,1H3. The number of benzene rings is 2. The van der Waals surface area contributed by atoms with Gasteiger partial charge < -0.3 is 10.1 Å². The summed E-state index contributed by atoms with van der Waals surface area (Å²) in [6.07, 6.45) is 0. The van der Waals surface area contributed by atoms with E-state index in [1.807, 2.05) is 6.07 Å². The minimum absolute atomic E-state index is 0.0335. The second-order valence-corrected chi connectivity index (χ2v) is 3.96. The minimum Gasteiger partial charge on any atom is -0.497 e. The van der Waals surface area contributed by atoms with Gasteiger partial charge in [0.15, 0.2) is 0 Å². The lowest BCUT2D eigenvalue weighted by Gasteiger charge is -2.08. The van der Waals surface area contributed by atoms with Crippen molar-refractivity contribution >= 4 is 17.1 Å². The van der Waals surface area contributed by atoms with E-state index < -0.39 is 4.92 Å². The van der Waals surface area contributed by atoms with Gasteiger partial charge in [0.2, 0.25) is 0 Å². The van der Waals surface area contributed by atoms with Crippen LogP contribution in [0.4, 0.5) is 17.1 Å². The number of ether oxygens (including phenoxy) is 1. The molecule has 100 valence electrons. The number of nitrogens with zero attached hydrogens (tertiary/aromatic N) is 2. The van der Waals surface area contributed by atoms with E-state index in [0.29, 0.717) is 11.4 Å². The van der Waals surface area contributed by atoms with Crippen molar-refractivity contribution in [2.75, 3.05) is 12.4 Å². The SMILES string of the molecule is COc1cccc(Nc2ccc(C#N)c([N+](=O)[O-])c2)c1. The van der Waals surface area contributed by atoms with Gasteiger partial charge in [0.1, 0.15) is 17.4 Å². The molecule has 0 fully saturated rings. The summed E-state index contributed by atoms with van der Waals surface area (Å²) in [5, 5.41) is 22.7. The molecule has 0 heterocycles. The van der Waals surface area contributed by atoms with E-state index in [9.17, 15) is 10.1 Å². The van der Waals surface area contributed by atoms with Crippen molar-refractivity contribution in [3.63, 3.8) is 0 Å². The molecule has 1 N–H and O–H groups in total. The quantitative estimate of drug-likeness (QED) is 0.680. The second kappa shape index (κ2) is 5.71. The third kappa shape index (κ3) is 2.84. The highest BCUT2D eigenvalue weighted by Gasteiger charge is 2.14. The lowest BCUT2D eigenvalue weighted by molar-refractivity contribution is -0.385. The summed E-state index contributed by atoms with van der Waals surface area (Å²) in [5.41, 5.74) is 1.08. The molecule has 0 saturated carbocycles. The molecule has 6 heteroatoms. The Bertz CT molecular complexity index is 692. The number of nitrogens with one attached hydrogen (secondary N) is 1. The number of anilines is 2. The molecule has 2 rings (SSSR count). The van der Waals surface area contributed by atoms with Crippen LogP contribution in [0.25, 0.3) is 0 Å². The van der Waals surface area contributed by atoms with Crippen LogP contribution in [0.5, 0.6) is 5.75 Å². The Balaban J connectivity index is 2.32. The summed E-state index contributed by atoms with van der Waals surface area (Å²) in [5.74, 6) is 0.679. The molecule has 0 aliphatic heterocycles. The number of nitro groups is 1. The van der Waals surface area contributed by atoms with Gasteiger partial charge in [0.25, 0.3) is 5.69 Å². The largest absolute Gasteiger partial charge is 0.497 e. The van der Waals surface area contributed by atoms with E-state index in [4.69, 9.17) is 10.00 Å². The molecule has 20 heavy (non-hydrogen) atoms. The number of rotatable bonds is 4. The van der Waals surface area contributed by atoms with Crippen molar-refractivity contribution in [3.8, 4) is 11.8 Å². The number of hydrogen-bond donors (Lipinski definition) is 1. The first-order valence-electron chi connectivity index (χ1n) is 5.73. The Labute approximate surface area is 115 Å². The molecule has 6 nitrogen and oxygen atoms in total. The highest BCUT2D eigenvalue weighted by molar-refractivity contribution is 5.66. The summed E-state index contributed by atoms with van der Waals surface area (Å²) in [6, 6.07) is 13.3. The van der Waals surface area contributed by atoms with E-state index in [1.54, 1.807) is 37.4 Å². The number of methoxy groups -OCH3 is 1. The summed E-state index contributed by atoms with van der Waals surface area (Å²) in [6.45, 7) is 0. The van der Waals surface area contributed by atoms with Gasteiger partial charge >= 0.3 is 0 Å². The number of nitro benzene ring substituents is 1. The molecular weight excluding hydrogens is 258 g/mol. The van der Waals surface area contributed by atoms with E-state index in [2.05, 4.69) is 5.32 Å². The molecule has 0 atom stereocenters. The molecule has 0 spiro atoms. The Morgan fingerprint density at radius 3 is 2.65 bits per heavy atom. The van der Waals surface area contributed by atoms with Crippen molar-refractivity contribution in [1.82, 2.24) is 0 Å². The molecule has 0 aliphatic carbocycles. The first kappa shape index (κ1) is 13.4. The van der Waals surface area contributed by atoms with Gasteiger partial charge in [-0.1, -0.05) is 6.07 Å². The Hall–Kier alpha value is -3.07. The first-order chi connectivity index (χ1) is 9.63. The van der Waals surface area contributed by atoms with Gasteiger partial charge in [0, 0.05) is 23.5 Å². The molecule has 2 aromatic carbocycles. The lowest BCUT2D eigenvalue weighted by Crippen LogP contribution is -1.96. The van der Waals surface area contributed by atoms with Crippen LogP contribution >= 0.6 is 0 Å². The lowest BCUT2D eigenvalue weighted by atomic mass is 10.1. The maximum Gasteiger partial charge on any atom is 0.289 e. The minimum atomic E-state index is -0.574. The van der Waals surface area contributed by atoms with Gasteiger partial charge in [-0.05, 0) is 24.3 Å². The average molecular weight is 269 g/mol. The van der Waals surface area contributed by atoms with Crippen LogP contribution < -0.4 is 10.1 Å². The Kier molecular flexibility index (Phi) is 3.82. The summed E-state index contributed by atoms with van der Waals surface area (Å²) in [4.78, 5) is 10.3. The molecule has 0 unspecified atom stereocenters. The topological polar surface area (TPSA) is 88.2 Å². The van der Waals surface area contributed by atoms with Crippen LogP contribution in [0.15, 0.2) is 42.5 Å². The van der Waals surface area contributed by atoms with Gasteiger partial charge in [0.05, 0.1) is 12.0 Å². The fourth-order valence-electron chi connectivity index (χ4n) is 1.72. The molecule has 0 saturated heterocycles. The molecule has 0 radical (unpaired) electrons. The van der Waals surface area contributed by atoms with Crippen molar-refractivity contribution in [2.24, 2.45) is 0 Å². The second-order valence-electron chi connectivity index (χ2n) is 3.96. The monoisotopic (exact) mass is 269 g/mol. The molecule has 2 aromatic rings. The van der Waals surface area contributed by atoms with Gasteiger partial charge in [-0.3, -0.25) is 10.1 Å². The van der Waals surface area contributed by atoms with Crippen LogP contribution in [-0.2, 0) is 0 Å². The highest BCUT2D eigenvalue weighted by Crippen LogP contribution is 2.26. The predicted octanol–water partition coefficient (Wildman–Crippen LogP) is 3.22. The molecule has 0 aliphatic rings. The maximum absolute atomic E-state index is 10.9. The smallest absolute Gasteiger partial charge is 0.289 e. The van der Waals surface area contributed by atoms with Crippen LogP contribution in [-0.4, -0.2) is 12.0 Å². The zero-order valence-corrected chi connectivity index (χ0v) is 10.7. The zero-order valence-electron chi connectivity index (χ0n) is 10.7. The van der Waals surface area contributed by atoms with E-state index in [1.165, 1.54) is 12.1 Å². The van der Waals surface area contributed by atoms with E-state index >= 15 is 0 Å². The normalized spacial score (nSPS) is 9.60. The Morgan fingerprint density at radius 1 is 1.25 bits per heavy atom. The van der Waals surface area contributed by atoms with Crippen LogP contribution in [0, 0.1) is 21.4 Å². The van der Waals surface area contributed by atoms with Crippen LogP contribution in [0.1, 0.15) is 5.56 Å². The Morgan fingerprint density at radius 2 is 2.00 bits per heavy atom. The maximum atomic E-state index is 10.9. The molecule has 0 amide bonds.